The van der Waals surface area contributed by atoms with Crippen molar-refractivity contribution in [2.45, 2.75) is 12.7 Å². The molecule has 0 aromatic heterocycles. The van der Waals surface area contributed by atoms with Gasteiger partial charge in [-0.25, -0.2) is 0 Å². The Morgan fingerprint density at radius 2 is 1.60 bits per heavy atom. The molecule has 0 saturated heterocycles. The van der Waals surface area contributed by atoms with Crippen LogP contribution >= 0.6 is 0 Å². The van der Waals surface area contributed by atoms with E-state index in [9.17, 15) is 13.2 Å². The lowest BCUT2D eigenvalue weighted by Gasteiger charge is -2.25. The third kappa shape index (κ3) is 2.41. The van der Waals surface area contributed by atoms with Crippen molar-refractivity contribution in [3.63, 3.8) is 0 Å². The van der Waals surface area contributed by atoms with Gasteiger partial charge in [-0.1, -0.05) is 24.3 Å². The fraction of sp³-hybridized carbons (Fsp3) is 0.125. The molecule has 0 saturated carbocycles. The lowest BCUT2D eigenvalue weighted by Crippen LogP contribution is -2.19. The van der Waals surface area contributed by atoms with E-state index < -0.39 is 11.7 Å². The quantitative estimate of drug-likeness (QED) is 0.729. The van der Waals surface area contributed by atoms with Crippen molar-refractivity contribution in [1.82, 2.24) is 0 Å². The van der Waals surface area contributed by atoms with E-state index in [1.807, 2.05) is 41.4 Å². The van der Waals surface area contributed by atoms with Gasteiger partial charge in [0.15, 0.2) is 0 Å². The molecule has 0 unspecified atom stereocenters. The van der Waals surface area contributed by atoms with Crippen LogP contribution in [0.15, 0.2) is 54.7 Å². The predicted octanol–water partition coefficient (Wildman–Crippen LogP) is 4.70. The second-order valence-corrected chi connectivity index (χ2v) is 4.69. The van der Waals surface area contributed by atoms with E-state index in [1.54, 1.807) is 0 Å². The summed E-state index contributed by atoms with van der Waals surface area (Å²) in [5, 5.41) is 0. The van der Waals surface area contributed by atoms with Crippen molar-refractivity contribution in [1.29, 1.82) is 0 Å². The summed E-state index contributed by atoms with van der Waals surface area (Å²) in [6.07, 6.45) is -0.426. The summed E-state index contributed by atoms with van der Waals surface area (Å²) in [7, 11) is 0. The van der Waals surface area contributed by atoms with E-state index in [2.05, 4.69) is 0 Å². The summed E-state index contributed by atoms with van der Waals surface area (Å²) >= 11 is 0. The van der Waals surface area contributed by atoms with Gasteiger partial charge in [-0.15, -0.1) is 0 Å². The first kappa shape index (κ1) is 12.8. The van der Waals surface area contributed by atoms with Crippen LogP contribution in [0.3, 0.4) is 0 Å². The molecule has 1 nitrogen and oxygen atoms in total. The summed E-state index contributed by atoms with van der Waals surface area (Å²) in [6, 6.07) is 13.2. The molecular weight excluding hydrogens is 263 g/mol. The van der Waals surface area contributed by atoms with Crippen molar-refractivity contribution in [2.75, 3.05) is 4.90 Å². The van der Waals surface area contributed by atoms with Crippen molar-refractivity contribution in [3.8, 4) is 0 Å². The Hall–Kier alpha value is -2.23. The third-order valence-corrected chi connectivity index (χ3v) is 3.36. The van der Waals surface area contributed by atoms with Gasteiger partial charge >= 0.3 is 6.18 Å². The molecule has 2 aromatic carbocycles. The molecule has 4 heteroatoms. The highest BCUT2D eigenvalue weighted by Gasteiger charge is 2.30. The maximum Gasteiger partial charge on any atom is 0.416 e. The van der Waals surface area contributed by atoms with Crippen LogP contribution in [0.5, 0.6) is 0 Å². The molecule has 20 heavy (non-hydrogen) atoms. The topological polar surface area (TPSA) is 3.24 Å². The predicted molar refractivity (Wildman–Crippen MR) is 73.1 cm³/mol. The summed E-state index contributed by atoms with van der Waals surface area (Å²) in [5.41, 5.74) is 2.44. The monoisotopic (exact) mass is 275 g/mol. The lowest BCUT2D eigenvalue weighted by molar-refractivity contribution is -0.137. The number of nitrogens with zero attached hydrogens (tertiary/aromatic N) is 1. The fourth-order valence-corrected chi connectivity index (χ4v) is 2.27. The average molecular weight is 275 g/mol. The van der Waals surface area contributed by atoms with Crippen LogP contribution in [-0.4, -0.2) is 0 Å². The Bertz CT molecular complexity index is 642. The van der Waals surface area contributed by atoms with Crippen LogP contribution in [0.2, 0.25) is 0 Å². The molecule has 0 aliphatic carbocycles. The Kier molecular flexibility index (Phi) is 3.01. The van der Waals surface area contributed by atoms with Crippen LogP contribution in [0.25, 0.3) is 6.08 Å². The van der Waals surface area contributed by atoms with E-state index in [0.717, 1.165) is 28.9 Å². The second-order valence-electron chi connectivity index (χ2n) is 4.69. The molecule has 102 valence electrons. The third-order valence-electron chi connectivity index (χ3n) is 3.36. The molecular formula is C16H12F3N. The van der Waals surface area contributed by atoms with Crippen molar-refractivity contribution < 1.29 is 13.2 Å². The highest BCUT2D eigenvalue weighted by atomic mass is 19.4. The van der Waals surface area contributed by atoms with E-state index in [0.29, 0.717) is 6.54 Å². The van der Waals surface area contributed by atoms with Gasteiger partial charge in [0.2, 0.25) is 0 Å². The zero-order valence-electron chi connectivity index (χ0n) is 10.6. The fourth-order valence-electron chi connectivity index (χ4n) is 2.27. The highest BCUT2D eigenvalue weighted by Crippen LogP contribution is 2.31. The SMILES string of the molecule is FC(F)(F)c1ccc(N2C=Cc3ccccc3C2)cc1. The molecule has 0 atom stereocenters. The number of fused-ring (bicyclic) bond motifs is 1. The number of hydrogen-bond donors (Lipinski definition) is 0. The van der Waals surface area contributed by atoms with Crippen molar-refractivity contribution in [2.24, 2.45) is 0 Å². The number of halogens is 3. The maximum absolute atomic E-state index is 12.5. The first-order chi connectivity index (χ1) is 9.54. The van der Waals surface area contributed by atoms with Gasteiger partial charge in [0.05, 0.1) is 5.56 Å². The smallest absolute Gasteiger partial charge is 0.344 e. The molecule has 0 amide bonds. The standard InChI is InChI=1S/C16H12F3N/c17-16(18,19)14-5-7-15(8-6-14)20-10-9-12-3-1-2-4-13(12)11-20/h1-10H,11H2. The van der Waals surface area contributed by atoms with E-state index in [4.69, 9.17) is 0 Å². The first-order valence-corrected chi connectivity index (χ1v) is 6.24. The number of alkyl halides is 3. The van der Waals surface area contributed by atoms with Crippen LogP contribution < -0.4 is 4.90 Å². The molecule has 1 heterocycles. The molecule has 0 bridgehead atoms. The summed E-state index contributed by atoms with van der Waals surface area (Å²) in [6.45, 7) is 0.665. The molecule has 1 aliphatic rings. The van der Waals surface area contributed by atoms with Gasteiger partial charge in [0, 0.05) is 18.4 Å². The Balaban J connectivity index is 1.85. The minimum absolute atomic E-state index is 0.623. The van der Waals surface area contributed by atoms with Crippen molar-refractivity contribution in [3.05, 3.63) is 71.4 Å². The summed E-state index contributed by atoms with van der Waals surface area (Å²) in [4.78, 5) is 1.93. The molecule has 0 fully saturated rings. The van der Waals surface area contributed by atoms with Gasteiger partial charge in [0.1, 0.15) is 0 Å². The molecule has 2 aromatic rings. The van der Waals surface area contributed by atoms with E-state index in [1.165, 1.54) is 12.1 Å². The van der Waals surface area contributed by atoms with Crippen LogP contribution in [0.1, 0.15) is 16.7 Å². The lowest BCUT2D eigenvalue weighted by atomic mass is 10.0. The zero-order valence-corrected chi connectivity index (χ0v) is 10.6. The first-order valence-electron chi connectivity index (χ1n) is 6.24. The highest BCUT2D eigenvalue weighted by molar-refractivity contribution is 5.64. The molecule has 0 spiro atoms. The normalized spacial score (nSPS) is 14.2. The molecule has 0 N–H and O–H groups in total. The minimum Gasteiger partial charge on any atom is -0.344 e. The molecule has 1 aliphatic heterocycles. The second kappa shape index (κ2) is 4.71. The summed E-state index contributed by atoms with van der Waals surface area (Å²) in [5.74, 6) is 0. The number of rotatable bonds is 1. The summed E-state index contributed by atoms with van der Waals surface area (Å²) < 4.78 is 37.6. The Morgan fingerprint density at radius 1 is 0.900 bits per heavy atom. The van der Waals surface area contributed by atoms with E-state index in [-0.39, 0.29) is 0 Å². The van der Waals surface area contributed by atoms with Gasteiger partial charge < -0.3 is 4.90 Å². The Labute approximate surface area is 115 Å². The molecule has 3 rings (SSSR count). The molecule has 0 radical (unpaired) electrons. The maximum atomic E-state index is 12.5. The Morgan fingerprint density at radius 3 is 2.30 bits per heavy atom. The van der Waals surface area contributed by atoms with Crippen LogP contribution in [0.4, 0.5) is 18.9 Å². The van der Waals surface area contributed by atoms with Gasteiger partial charge in [-0.2, -0.15) is 13.2 Å². The van der Waals surface area contributed by atoms with Gasteiger partial charge in [-0.3, -0.25) is 0 Å². The minimum atomic E-state index is -4.29. The van der Waals surface area contributed by atoms with Gasteiger partial charge in [-0.05, 0) is 41.5 Å². The van der Waals surface area contributed by atoms with Gasteiger partial charge in [0.25, 0.3) is 0 Å². The van der Waals surface area contributed by atoms with E-state index >= 15 is 0 Å². The van der Waals surface area contributed by atoms with Crippen LogP contribution in [0, 0.1) is 0 Å². The van der Waals surface area contributed by atoms with Crippen LogP contribution in [-0.2, 0) is 12.7 Å². The number of benzene rings is 2. The zero-order chi connectivity index (χ0) is 14.2. The average Bonchev–Trinajstić information content (AvgIpc) is 2.46. The largest absolute Gasteiger partial charge is 0.416 e. The number of hydrogen-bond acceptors (Lipinski definition) is 1. The van der Waals surface area contributed by atoms with Crippen molar-refractivity contribution >= 4 is 11.8 Å². The number of anilines is 1.